The van der Waals surface area contributed by atoms with Crippen molar-refractivity contribution < 1.29 is 20.1 Å². The molecule has 0 aliphatic carbocycles. The highest BCUT2D eigenvalue weighted by molar-refractivity contribution is 5.85. The van der Waals surface area contributed by atoms with Crippen LogP contribution in [0.1, 0.15) is 20.3 Å². The van der Waals surface area contributed by atoms with Gasteiger partial charge in [0.1, 0.15) is 0 Å². The molecule has 3 N–H and O–H groups in total. The fourth-order valence-electron chi connectivity index (χ4n) is 0.525. The molecule has 1 atom stereocenters. The molecule has 4 nitrogen and oxygen atoms in total. The molecule has 0 bridgehead atoms. The number of hydrogen-bond acceptors (Lipinski definition) is 3. The van der Waals surface area contributed by atoms with Crippen molar-refractivity contribution in [1.82, 2.24) is 0 Å². The summed E-state index contributed by atoms with van der Waals surface area (Å²) in [6, 6.07) is 0. The average molecular weight is 174 g/mol. The number of hydrogen-bond donors (Lipinski definition) is 3. The predicted octanol–water partition coefficient (Wildman–Crippen LogP) is 0.151. The lowest BCUT2D eigenvalue weighted by atomic mass is 10.0. The Kier molecular flexibility index (Phi) is 3.92. The molecule has 0 aromatic carbocycles. The van der Waals surface area contributed by atoms with E-state index in [9.17, 15) is 9.90 Å². The third-order valence-electron chi connectivity index (χ3n) is 1.53. The van der Waals surface area contributed by atoms with Gasteiger partial charge in [-0.25, -0.2) is 4.79 Å². The lowest BCUT2D eigenvalue weighted by Gasteiger charge is -2.17. The van der Waals surface area contributed by atoms with Gasteiger partial charge < -0.3 is 15.3 Å². The summed E-state index contributed by atoms with van der Waals surface area (Å²) in [5.41, 5.74) is -1.06. The lowest BCUT2D eigenvalue weighted by Crippen LogP contribution is -2.28. The fraction of sp³-hybridized carbons (Fsp3) is 0.625. The highest BCUT2D eigenvalue weighted by atomic mass is 16.4. The Hall–Kier alpha value is -0.870. The monoisotopic (exact) mass is 174 g/mol. The first-order chi connectivity index (χ1) is 5.39. The van der Waals surface area contributed by atoms with Crippen LogP contribution in [0.5, 0.6) is 0 Å². The zero-order valence-corrected chi connectivity index (χ0v) is 7.24. The maximum Gasteiger partial charge on any atom is 0.330 e. The van der Waals surface area contributed by atoms with Crippen LogP contribution in [-0.2, 0) is 4.79 Å². The normalized spacial score (nSPS) is 17.2. The van der Waals surface area contributed by atoms with E-state index in [2.05, 4.69) is 0 Å². The first-order valence-electron chi connectivity index (χ1n) is 3.62. The van der Waals surface area contributed by atoms with Gasteiger partial charge in [-0.05, 0) is 20.3 Å². The Morgan fingerprint density at radius 1 is 1.58 bits per heavy atom. The van der Waals surface area contributed by atoms with E-state index in [0.29, 0.717) is 0 Å². The molecule has 0 saturated carbocycles. The molecule has 0 aliphatic heterocycles. The second-order valence-electron chi connectivity index (χ2n) is 3.05. The smallest absolute Gasteiger partial charge is 0.330 e. The van der Waals surface area contributed by atoms with E-state index in [-0.39, 0.29) is 18.6 Å². The highest BCUT2D eigenvalue weighted by Crippen LogP contribution is 2.10. The summed E-state index contributed by atoms with van der Waals surface area (Å²) in [5.74, 6) is -1.01. The predicted molar refractivity (Wildman–Crippen MR) is 43.7 cm³/mol. The molecule has 0 radical (unpaired) electrons. The summed E-state index contributed by atoms with van der Waals surface area (Å²) in [7, 11) is 0. The first-order valence-corrected chi connectivity index (χ1v) is 3.62. The van der Waals surface area contributed by atoms with E-state index in [1.165, 1.54) is 19.9 Å². The number of aliphatic hydroxyl groups excluding tert-OH is 1. The number of aliphatic carboxylic acids is 1. The summed E-state index contributed by atoms with van der Waals surface area (Å²) < 4.78 is 0. The molecule has 0 heterocycles. The van der Waals surface area contributed by atoms with Crippen molar-refractivity contribution in [1.29, 1.82) is 0 Å². The Morgan fingerprint density at radius 2 is 2.08 bits per heavy atom. The maximum atomic E-state index is 10.3. The third-order valence-corrected chi connectivity index (χ3v) is 1.53. The van der Waals surface area contributed by atoms with Gasteiger partial charge in [0, 0.05) is 5.57 Å². The van der Waals surface area contributed by atoms with E-state index < -0.39 is 11.6 Å². The van der Waals surface area contributed by atoms with E-state index in [1.807, 2.05) is 0 Å². The minimum Gasteiger partial charge on any atom is -0.478 e. The molecule has 0 aliphatic rings. The highest BCUT2D eigenvalue weighted by Gasteiger charge is 2.17. The summed E-state index contributed by atoms with van der Waals surface area (Å²) in [6.45, 7) is 2.50. The van der Waals surface area contributed by atoms with Crippen LogP contribution >= 0.6 is 0 Å². The molecule has 0 saturated heterocycles. The molecule has 1 unspecified atom stereocenters. The minimum atomic E-state index is -1.23. The zero-order chi connectivity index (χ0) is 9.78. The van der Waals surface area contributed by atoms with Gasteiger partial charge in [-0.1, -0.05) is 6.08 Å². The molecule has 0 rings (SSSR count). The topological polar surface area (TPSA) is 77.8 Å². The van der Waals surface area contributed by atoms with Crippen molar-refractivity contribution in [3.63, 3.8) is 0 Å². The van der Waals surface area contributed by atoms with Crippen LogP contribution in [0.3, 0.4) is 0 Å². The first kappa shape index (κ1) is 11.1. The molecule has 0 aromatic rings. The second kappa shape index (κ2) is 4.23. The summed E-state index contributed by atoms with van der Waals surface area (Å²) in [4.78, 5) is 10.3. The van der Waals surface area contributed by atoms with Crippen LogP contribution in [0.2, 0.25) is 0 Å². The van der Waals surface area contributed by atoms with E-state index >= 15 is 0 Å². The Bertz CT molecular complexity index is 193. The fourth-order valence-corrected chi connectivity index (χ4v) is 0.525. The number of carboxylic acids is 1. The minimum absolute atomic E-state index is 0.141. The van der Waals surface area contributed by atoms with Crippen molar-refractivity contribution >= 4 is 5.97 Å². The van der Waals surface area contributed by atoms with Crippen LogP contribution in [0, 0.1) is 0 Å². The standard InChI is InChI=1S/C8H14O4/c1-6(7(10)11)3-4-8(2,12)5-9/h3,9,12H,4-5H2,1-2H3,(H,10,11). The van der Waals surface area contributed by atoms with Crippen molar-refractivity contribution in [2.24, 2.45) is 0 Å². The van der Waals surface area contributed by atoms with Crippen molar-refractivity contribution in [2.45, 2.75) is 25.9 Å². The molecule has 12 heavy (non-hydrogen) atoms. The van der Waals surface area contributed by atoms with Gasteiger partial charge >= 0.3 is 5.97 Å². The summed E-state index contributed by atoms with van der Waals surface area (Å²) in [5, 5.41) is 26.3. The van der Waals surface area contributed by atoms with Gasteiger partial charge in [-0.15, -0.1) is 0 Å². The number of rotatable bonds is 4. The SMILES string of the molecule is CC(=CCC(C)(O)CO)C(=O)O. The number of carbonyl (C=O) groups is 1. The molecule has 70 valence electrons. The number of aliphatic hydroxyl groups is 2. The largest absolute Gasteiger partial charge is 0.478 e. The Labute approximate surface area is 71.1 Å². The van der Waals surface area contributed by atoms with Crippen LogP contribution < -0.4 is 0 Å². The van der Waals surface area contributed by atoms with Crippen molar-refractivity contribution in [3.05, 3.63) is 11.6 Å². The van der Waals surface area contributed by atoms with Gasteiger partial charge in [0.05, 0.1) is 12.2 Å². The maximum absolute atomic E-state index is 10.3. The molecular weight excluding hydrogens is 160 g/mol. The number of carboxylic acid groups (broad SMARTS) is 1. The molecular formula is C8H14O4. The van der Waals surface area contributed by atoms with E-state index in [4.69, 9.17) is 10.2 Å². The lowest BCUT2D eigenvalue weighted by molar-refractivity contribution is -0.132. The Balaban J connectivity index is 4.13. The molecule has 0 amide bonds. The van der Waals surface area contributed by atoms with Crippen LogP contribution in [0.15, 0.2) is 11.6 Å². The van der Waals surface area contributed by atoms with Crippen molar-refractivity contribution in [3.8, 4) is 0 Å². The molecule has 0 fully saturated rings. The quantitative estimate of drug-likeness (QED) is 0.530. The van der Waals surface area contributed by atoms with E-state index in [0.717, 1.165) is 0 Å². The average Bonchev–Trinajstić information content (AvgIpc) is 2.00. The van der Waals surface area contributed by atoms with Crippen LogP contribution in [-0.4, -0.2) is 33.5 Å². The van der Waals surface area contributed by atoms with E-state index in [1.54, 1.807) is 0 Å². The van der Waals surface area contributed by atoms with Gasteiger partial charge in [0.15, 0.2) is 0 Å². The zero-order valence-electron chi connectivity index (χ0n) is 7.24. The second-order valence-corrected chi connectivity index (χ2v) is 3.05. The summed E-state index contributed by atoms with van der Waals surface area (Å²) in [6.07, 6.45) is 1.53. The molecule has 0 aromatic heterocycles. The van der Waals surface area contributed by atoms with Gasteiger partial charge in [0.25, 0.3) is 0 Å². The van der Waals surface area contributed by atoms with Crippen molar-refractivity contribution in [2.75, 3.05) is 6.61 Å². The summed E-state index contributed by atoms with van der Waals surface area (Å²) >= 11 is 0. The molecule has 0 spiro atoms. The van der Waals surface area contributed by atoms with Gasteiger partial charge in [0.2, 0.25) is 0 Å². The van der Waals surface area contributed by atoms with Crippen LogP contribution in [0.25, 0.3) is 0 Å². The van der Waals surface area contributed by atoms with Crippen LogP contribution in [0.4, 0.5) is 0 Å². The molecule has 4 heteroatoms. The van der Waals surface area contributed by atoms with Gasteiger partial charge in [-0.2, -0.15) is 0 Å². The Morgan fingerprint density at radius 3 is 2.42 bits per heavy atom. The third kappa shape index (κ3) is 4.10. The van der Waals surface area contributed by atoms with Gasteiger partial charge in [-0.3, -0.25) is 0 Å².